The van der Waals surface area contributed by atoms with E-state index in [4.69, 9.17) is 15.0 Å². The Bertz CT molecular complexity index is 664. The molecular weight excluding hydrogens is 320 g/mol. The Balaban J connectivity index is 2.30. The molecule has 0 fully saturated rings. The van der Waals surface area contributed by atoms with E-state index in [1.54, 1.807) is 13.2 Å². The Kier molecular flexibility index (Phi) is 3.46. The summed E-state index contributed by atoms with van der Waals surface area (Å²) in [6.07, 6.45) is 4.64. The van der Waals surface area contributed by atoms with Crippen LogP contribution in [0.5, 0.6) is 5.75 Å². The maximum atomic E-state index is 5.68. The Morgan fingerprint density at radius 3 is 2.60 bits per heavy atom. The summed E-state index contributed by atoms with van der Waals surface area (Å²) in [6.45, 7) is 2.12. The summed E-state index contributed by atoms with van der Waals surface area (Å²) in [7, 11) is 1.68. The first-order valence-electron chi connectivity index (χ1n) is 6.73. The smallest absolute Gasteiger partial charge is 0.173 e. The van der Waals surface area contributed by atoms with Crippen LogP contribution in [0.2, 0.25) is 0 Å². The van der Waals surface area contributed by atoms with E-state index < -0.39 is 0 Å². The summed E-state index contributed by atoms with van der Waals surface area (Å²) in [5.74, 6) is 1.85. The molecule has 1 aromatic heterocycles. The van der Waals surface area contributed by atoms with Crippen LogP contribution >= 0.6 is 15.9 Å². The highest BCUT2D eigenvalue weighted by atomic mass is 79.9. The third-order valence-electron chi connectivity index (χ3n) is 3.97. The number of nitrogens with two attached hydrogens (primary N) is 1. The predicted octanol–water partition coefficient (Wildman–Crippen LogP) is 3.88. The van der Waals surface area contributed by atoms with Crippen LogP contribution in [0.3, 0.4) is 0 Å². The first kappa shape index (κ1) is 13.5. The van der Waals surface area contributed by atoms with Gasteiger partial charge >= 0.3 is 0 Å². The largest absolute Gasteiger partial charge is 0.495 e. The highest BCUT2D eigenvalue weighted by Crippen LogP contribution is 2.45. The number of anilines is 1. The lowest BCUT2D eigenvalue weighted by atomic mass is 9.85. The first-order valence-corrected chi connectivity index (χ1v) is 7.53. The zero-order valence-electron chi connectivity index (χ0n) is 11.6. The molecule has 0 amide bonds. The van der Waals surface area contributed by atoms with Crippen molar-refractivity contribution in [3.63, 3.8) is 0 Å². The van der Waals surface area contributed by atoms with Crippen LogP contribution in [-0.2, 0) is 12.8 Å². The fraction of sp³-hybridized carbons (Fsp3) is 0.400. The van der Waals surface area contributed by atoms with Crippen molar-refractivity contribution in [2.45, 2.75) is 32.6 Å². The molecule has 0 unspecified atom stereocenters. The summed E-state index contributed by atoms with van der Waals surface area (Å²) in [5.41, 5.74) is 10.6. The molecule has 3 rings (SSSR count). The van der Waals surface area contributed by atoms with Gasteiger partial charge in [0.2, 0.25) is 0 Å². The standard InChI is InChI=1S/C15H17BrN2O2/c1-8-9-5-3-4-6-10(9)14(16)15(19-2)13(8)11-7-12(17)18-20-11/h7H,3-6H2,1-2H3,(H2,17,18). The number of fused-ring (bicyclic) bond motifs is 1. The highest BCUT2D eigenvalue weighted by Gasteiger charge is 2.25. The quantitative estimate of drug-likeness (QED) is 0.903. The van der Waals surface area contributed by atoms with Crippen molar-refractivity contribution in [2.75, 3.05) is 12.8 Å². The maximum Gasteiger partial charge on any atom is 0.173 e. The number of hydrogen-bond acceptors (Lipinski definition) is 4. The van der Waals surface area contributed by atoms with Gasteiger partial charge in [0.25, 0.3) is 0 Å². The molecule has 1 aromatic carbocycles. The average Bonchev–Trinajstić information content (AvgIpc) is 2.88. The number of nitrogen functional groups attached to an aromatic ring is 1. The van der Waals surface area contributed by atoms with E-state index >= 15 is 0 Å². The van der Waals surface area contributed by atoms with E-state index in [2.05, 4.69) is 28.0 Å². The van der Waals surface area contributed by atoms with Gasteiger partial charge in [-0.05, 0) is 65.2 Å². The number of rotatable bonds is 2. The normalized spacial score (nSPS) is 14.2. The van der Waals surface area contributed by atoms with Gasteiger partial charge in [-0.3, -0.25) is 0 Å². The van der Waals surface area contributed by atoms with Crippen molar-refractivity contribution in [1.29, 1.82) is 0 Å². The molecule has 2 aromatic rings. The zero-order valence-corrected chi connectivity index (χ0v) is 13.2. The molecule has 0 atom stereocenters. The van der Waals surface area contributed by atoms with Gasteiger partial charge in [-0.15, -0.1) is 0 Å². The lowest BCUT2D eigenvalue weighted by Crippen LogP contribution is -2.08. The molecule has 1 aliphatic carbocycles. The molecular formula is C15H17BrN2O2. The third kappa shape index (κ3) is 2.00. The lowest BCUT2D eigenvalue weighted by molar-refractivity contribution is 0.403. The van der Waals surface area contributed by atoms with E-state index in [1.165, 1.54) is 29.5 Å². The number of methoxy groups -OCH3 is 1. The SMILES string of the molecule is COc1c(Br)c2c(c(C)c1-c1cc(N)no1)CCCC2. The average molecular weight is 337 g/mol. The topological polar surface area (TPSA) is 61.3 Å². The minimum Gasteiger partial charge on any atom is -0.495 e. The number of aromatic nitrogens is 1. The van der Waals surface area contributed by atoms with E-state index in [0.717, 1.165) is 28.6 Å². The zero-order chi connectivity index (χ0) is 14.3. The molecule has 0 radical (unpaired) electrons. The van der Waals surface area contributed by atoms with Crippen molar-refractivity contribution >= 4 is 21.7 Å². The summed E-state index contributed by atoms with van der Waals surface area (Å²) in [5, 5.41) is 3.78. The molecule has 0 aliphatic heterocycles. The molecule has 0 bridgehead atoms. The summed E-state index contributed by atoms with van der Waals surface area (Å²) >= 11 is 3.70. The number of hydrogen-bond donors (Lipinski definition) is 1. The Labute approximate surface area is 126 Å². The Hall–Kier alpha value is -1.49. The van der Waals surface area contributed by atoms with Gasteiger partial charge in [0, 0.05) is 6.07 Å². The minimum absolute atomic E-state index is 0.385. The molecule has 5 heteroatoms. The van der Waals surface area contributed by atoms with Gasteiger partial charge in [-0.2, -0.15) is 0 Å². The second-order valence-electron chi connectivity index (χ2n) is 5.13. The van der Waals surface area contributed by atoms with Gasteiger partial charge in [-0.1, -0.05) is 5.16 Å². The minimum atomic E-state index is 0.385. The van der Waals surface area contributed by atoms with Crippen LogP contribution in [0.25, 0.3) is 11.3 Å². The monoisotopic (exact) mass is 336 g/mol. The number of ether oxygens (including phenoxy) is 1. The lowest BCUT2D eigenvalue weighted by Gasteiger charge is -2.24. The molecule has 1 aliphatic rings. The highest BCUT2D eigenvalue weighted by molar-refractivity contribution is 9.10. The van der Waals surface area contributed by atoms with Crippen molar-refractivity contribution in [1.82, 2.24) is 5.16 Å². The van der Waals surface area contributed by atoms with Crippen molar-refractivity contribution in [2.24, 2.45) is 0 Å². The predicted molar refractivity (Wildman–Crippen MR) is 82.0 cm³/mol. The van der Waals surface area contributed by atoms with Gasteiger partial charge in [0.1, 0.15) is 5.75 Å². The molecule has 0 saturated heterocycles. The van der Waals surface area contributed by atoms with E-state index in [-0.39, 0.29) is 0 Å². The van der Waals surface area contributed by atoms with Crippen molar-refractivity contribution in [3.05, 3.63) is 27.2 Å². The fourth-order valence-corrected chi connectivity index (χ4v) is 3.82. The van der Waals surface area contributed by atoms with Crippen LogP contribution < -0.4 is 10.5 Å². The number of benzene rings is 1. The summed E-state index contributed by atoms with van der Waals surface area (Å²) < 4.78 is 12.0. The van der Waals surface area contributed by atoms with Crippen LogP contribution in [0.15, 0.2) is 15.1 Å². The molecule has 1 heterocycles. The van der Waals surface area contributed by atoms with E-state index in [9.17, 15) is 0 Å². The van der Waals surface area contributed by atoms with Crippen LogP contribution in [0.1, 0.15) is 29.5 Å². The second kappa shape index (κ2) is 5.13. The van der Waals surface area contributed by atoms with Gasteiger partial charge in [-0.25, -0.2) is 0 Å². The van der Waals surface area contributed by atoms with E-state index in [1.807, 2.05) is 0 Å². The van der Waals surface area contributed by atoms with Gasteiger partial charge in [0.15, 0.2) is 11.6 Å². The van der Waals surface area contributed by atoms with Crippen LogP contribution in [-0.4, -0.2) is 12.3 Å². The van der Waals surface area contributed by atoms with Crippen molar-refractivity contribution in [3.8, 4) is 17.1 Å². The third-order valence-corrected chi connectivity index (χ3v) is 4.80. The Morgan fingerprint density at radius 1 is 1.30 bits per heavy atom. The van der Waals surface area contributed by atoms with Crippen molar-refractivity contribution < 1.29 is 9.26 Å². The summed E-state index contributed by atoms with van der Waals surface area (Å²) in [6, 6.07) is 1.74. The van der Waals surface area contributed by atoms with Crippen LogP contribution in [0.4, 0.5) is 5.82 Å². The number of halogens is 1. The summed E-state index contributed by atoms with van der Waals surface area (Å²) in [4.78, 5) is 0. The Morgan fingerprint density at radius 2 is 2.00 bits per heavy atom. The second-order valence-corrected chi connectivity index (χ2v) is 5.92. The fourth-order valence-electron chi connectivity index (χ4n) is 3.02. The number of nitrogens with zero attached hydrogens (tertiary/aromatic N) is 1. The van der Waals surface area contributed by atoms with Gasteiger partial charge in [0.05, 0.1) is 17.1 Å². The van der Waals surface area contributed by atoms with Gasteiger partial charge < -0.3 is 15.0 Å². The molecule has 4 nitrogen and oxygen atoms in total. The molecule has 106 valence electrons. The molecule has 0 spiro atoms. The van der Waals surface area contributed by atoms with Crippen LogP contribution in [0, 0.1) is 6.92 Å². The molecule has 20 heavy (non-hydrogen) atoms. The first-order chi connectivity index (χ1) is 9.63. The molecule has 0 saturated carbocycles. The maximum absolute atomic E-state index is 5.68. The van der Waals surface area contributed by atoms with E-state index in [0.29, 0.717) is 11.6 Å². The molecule has 2 N–H and O–H groups in total.